The number of fused-ring (bicyclic) bond motifs is 1. The van der Waals surface area contributed by atoms with Crippen LogP contribution in [0, 0.1) is 17.8 Å². The molecule has 4 heteroatoms. The predicted molar refractivity (Wildman–Crippen MR) is 147 cm³/mol. The second kappa shape index (κ2) is 10.2. The third kappa shape index (κ3) is 4.82. The summed E-state index contributed by atoms with van der Waals surface area (Å²) in [7, 11) is 3.10. The van der Waals surface area contributed by atoms with Crippen molar-refractivity contribution in [3.05, 3.63) is 71.3 Å². The Hall–Kier alpha value is -2.69. The van der Waals surface area contributed by atoms with Gasteiger partial charge < -0.3 is 14.2 Å². The van der Waals surface area contributed by atoms with E-state index in [-0.39, 0.29) is 5.97 Å². The molecule has 0 atom stereocenters. The average molecular weight is 499 g/mol. The molecule has 3 aromatic carbocycles. The maximum absolute atomic E-state index is 11.9. The molecule has 4 bridgehead atoms. The van der Waals surface area contributed by atoms with Crippen LogP contribution in [0.15, 0.2) is 54.6 Å². The highest BCUT2D eigenvalue weighted by Gasteiger charge is 2.52. The third-order valence-electron chi connectivity index (χ3n) is 9.25. The van der Waals surface area contributed by atoms with Gasteiger partial charge in [-0.15, -0.1) is 0 Å². The van der Waals surface area contributed by atoms with Gasteiger partial charge in [-0.2, -0.15) is 0 Å². The van der Waals surface area contributed by atoms with Crippen LogP contribution in [0.4, 0.5) is 0 Å². The molecule has 0 amide bonds. The van der Waals surface area contributed by atoms with Crippen LogP contribution < -0.4 is 0 Å². The van der Waals surface area contributed by atoms with Gasteiger partial charge in [-0.05, 0) is 126 Å². The molecule has 3 aromatic rings. The second-order valence-electron chi connectivity index (χ2n) is 11.8. The molecule has 4 aliphatic carbocycles. The van der Waals surface area contributed by atoms with Crippen molar-refractivity contribution in [1.82, 2.24) is 0 Å². The third-order valence-corrected chi connectivity index (χ3v) is 9.25. The topological polar surface area (TPSA) is 44.8 Å². The number of hydrogen-bond acceptors (Lipinski definition) is 4. The van der Waals surface area contributed by atoms with Gasteiger partial charge in [0.2, 0.25) is 0 Å². The van der Waals surface area contributed by atoms with E-state index in [1.54, 1.807) is 12.7 Å². The van der Waals surface area contributed by atoms with Gasteiger partial charge in [-0.1, -0.05) is 36.4 Å². The highest BCUT2D eigenvalue weighted by molar-refractivity contribution is 5.91. The zero-order chi connectivity index (χ0) is 25.4. The monoisotopic (exact) mass is 498 g/mol. The van der Waals surface area contributed by atoms with Crippen molar-refractivity contribution >= 4 is 16.7 Å². The first kappa shape index (κ1) is 24.6. The first-order valence-corrected chi connectivity index (χ1v) is 13.9. The number of benzene rings is 3. The van der Waals surface area contributed by atoms with E-state index in [4.69, 9.17) is 14.2 Å². The van der Waals surface area contributed by atoms with Crippen molar-refractivity contribution in [2.24, 2.45) is 17.8 Å². The fourth-order valence-electron chi connectivity index (χ4n) is 8.09. The second-order valence-corrected chi connectivity index (χ2v) is 11.8. The average Bonchev–Trinajstić information content (AvgIpc) is 2.91. The maximum atomic E-state index is 11.9. The van der Waals surface area contributed by atoms with Crippen LogP contribution in [-0.4, -0.2) is 33.6 Å². The summed E-state index contributed by atoms with van der Waals surface area (Å²) in [6.45, 7) is 1.09. The zero-order valence-electron chi connectivity index (χ0n) is 22.1. The van der Waals surface area contributed by atoms with E-state index in [1.807, 2.05) is 24.3 Å². The van der Waals surface area contributed by atoms with E-state index in [0.717, 1.165) is 42.8 Å². The molecule has 0 unspecified atom stereocenters. The normalized spacial score (nSPS) is 26.1. The van der Waals surface area contributed by atoms with Crippen LogP contribution >= 0.6 is 0 Å². The van der Waals surface area contributed by atoms with Gasteiger partial charge in [0.25, 0.3) is 0 Å². The molecule has 0 saturated heterocycles. The number of aryl methyl sites for hydroxylation is 1. The summed E-state index contributed by atoms with van der Waals surface area (Å²) in [5.74, 6) is 2.45. The molecule has 4 nitrogen and oxygen atoms in total. The Labute approximate surface area is 220 Å². The number of methoxy groups -OCH3 is 2. The van der Waals surface area contributed by atoms with Crippen LogP contribution in [-0.2, 0) is 26.0 Å². The number of ether oxygens (including phenoxy) is 3. The Kier molecular flexibility index (Phi) is 6.81. The van der Waals surface area contributed by atoms with Gasteiger partial charge in [0, 0.05) is 13.7 Å². The van der Waals surface area contributed by atoms with Crippen molar-refractivity contribution in [2.75, 3.05) is 27.6 Å². The van der Waals surface area contributed by atoms with Crippen molar-refractivity contribution in [2.45, 2.75) is 56.8 Å². The lowest BCUT2D eigenvalue weighted by Gasteiger charge is -2.57. The van der Waals surface area contributed by atoms with E-state index in [1.165, 1.54) is 67.5 Å². The molecular formula is C33H38O4. The summed E-state index contributed by atoms with van der Waals surface area (Å²) in [5, 5.41) is 2.62. The lowest BCUT2D eigenvalue weighted by Crippen LogP contribution is -2.48. The fourth-order valence-corrected chi connectivity index (χ4v) is 8.09. The predicted octanol–water partition coefficient (Wildman–Crippen LogP) is 7.31. The first-order valence-electron chi connectivity index (χ1n) is 13.9. The first-order chi connectivity index (χ1) is 18.1. The fraction of sp³-hybridized carbons (Fsp3) is 0.485. The minimum absolute atomic E-state index is 0.301. The van der Waals surface area contributed by atoms with Crippen LogP contribution in [0.1, 0.15) is 66.4 Å². The standard InChI is InChI=1S/C33H38O4/c1-35-21-37-11-3-4-29-15-28-10-9-27(25-5-7-26(8-6-25)32(34)36-2)16-30(28)17-31(29)33-18-22-12-23(19-33)14-24(13-22)20-33/h5-10,15-17,22-24H,3-4,11-14,18-21H2,1-2H3. The van der Waals surface area contributed by atoms with Gasteiger partial charge >= 0.3 is 5.97 Å². The number of rotatable bonds is 9. The summed E-state index contributed by atoms with van der Waals surface area (Å²) < 4.78 is 15.6. The van der Waals surface area contributed by atoms with Crippen LogP contribution in [0.5, 0.6) is 0 Å². The van der Waals surface area contributed by atoms with Crippen molar-refractivity contribution < 1.29 is 19.0 Å². The minimum atomic E-state index is -0.301. The number of hydrogen-bond donors (Lipinski definition) is 0. The van der Waals surface area contributed by atoms with Crippen LogP contribution in [0.2, 0.25) is 0 Å². The van der Waals surface area contributed by atoms with Gasteiger partial charge in [0.05, 0.1) is 12.7 Å². The van der Waals surface area contributed by atoms with E-state index in [0.29, 0.717) is 17.8 Å². The molecule has 0 radical (unpaired) electrons. The van der Waals surface area contributed by atoms with Crippen molar-refractivity contribution in [3.8, 4) is 11.1 Å². The smallest absolute Gasteiger partial charge is 0.337 e. The number of carbonyl (C=O) groups is 1. The lowest BCUT2D eigenvalue weighted by molar-refractivity contribution is -0.0311. The Morgan fingerprint density at radius 1 is 0.838 bits per heavy atom. The Bertz CT molecular complexity index is 1240. The number of esters is 1. The molecule has 4 saturated carbocycles. The molecular weight excluding hydrogens is 460 g/mol. The summed E-state index contributed by atoms with van der Waals surface area (Å²) >= 11 is 0. The Morgan fingerprint density at radius 2 is 1.51 bits per heavy atom. The molecule has 0 N–H and O–H groups in total. The molecule has 7 rings (SSSR count). The maximum Gasteiger partial charge on any atom is 0.337 e. The molecule has 4 fully saturated rings. The molecule has 0 heterocycles. The van der Waals surface area contributed by atoms with Gasteiger partial charge in [-0.3, -0.25) is 0 Å². The summed E-state index contributed by atoms with van der Waals surface area (Å²) in [6.07, 6.45) is 10.5. The minimum Gasteiger partial charge on any atom is -0.465 e. The highest BCUT2D eigenvalue weighted by atomic mass is 16.7. The van der Waals surface area contributed by atoms with E-state index < -0.39 is 0 Å². The van der Waals surface area contributed by atoms with E-state index in [9.17, 15) is 4.79 Å². The van der Waals surface area contributed by atoms with Crippen LogP contribution in [0.25, 0.3) is 21.9 Å². The molecule has 0 aliphatic heterocycles. The molecule has 0 aromatic heterocycles. The quantitative estimate of drug-likeness (QED) is 0.176. The summed E-state index contributed by atoms with van der Waals surface area (Å²) in [4.78, 5) is 11.9. The molecule has 4 aliphatic rings. The van der Waals surface area contributed by atoms with Crippen LogP contribution in [0.3, 0.4) is 0 Å². The molecule has 194 valence electrons. The SMILES string of the molecule is COCOCCCc1cc2ccc(-c3ccc(C(=O)OC)cc3)cc2cc1C12CC3CC(CC(C3)C1)C2. The largest absolute Gasteiger partial charge is 0.465 e. The summed E-state index contributed by atoms with van der Waals surface area (Å²) in [5.41, 5.74) is 6.36. The summed E-state index contributed by atoms with van der Waals surface area (Å²) in [6, 6.07) is 19.5. The highest BCUT2D eigenvalue weighted by Crippen LogP contribution is 2.61. The van der Waals surface area contributed by atoms with E-state index >= 15 is 0 Å². The van der Waals surface area contributed by atoms with Gasteiger partial charge in [0.15, 0.2) is 0 Å². The van der Waals surface area contributed by atoms with Gasteiger partial charge in [-0.25, -0.2) is 4.79 Å². The van der Waals surface area contributed by atoms with Crippen molar-refractivity contribution in [1.29, 1.82) is 0 Å². The molecule has 0 spiro atoms. The molecule has 37 heavy (non-hydrogen) atoms. The Balaban J connectivity index is 1.36. The number of carbonyl (C=O) groups excluding carboxylic acids is 1. The lowest BCUT2D eigenvalue weighted by atomic mass is 9.47. The zero-order valence-corrected chi connectivity index (χ0v) is 22.1. The van der Waals surface area contributed by atoms with Crippen molar-refractivity contribution in [3.63, 3.8) is 0 Å². The Morgan fingerprint density at radius 3 is 2.16 bits per heavy atom. The van der Waals surface area contributed by atoms with E-state index in [2.05, 4.69) is 30.3 Å². The van der Waals surface area contributed by atoms with Gasteiger partial charge in [0.1, 0.15) is 6.79 Å².